The van der Waals surface area contributed by atoms with E-state index in [0.29, 0.717) is 19.0 Å². The summed E-state index contributed by atoms with van der Waals surface area (Å²) in [6.45, 7) is 1.23. The molecule has 0 aromatic heterocycles. The van der Waals surface area contributed by atoms with E-state index in [9.17, 15) is 13.2 Å². The third kappa shape index (κ3) is 4.43. The van der Waals surface area contributed by atoms with E-state index in [2.05, 4.69) is 5.32 Å². The predicted octanol–water partition coefficient (Wildman–Crippen LogP) is 2.79. The maximum atomic E-state index is 12.5. The molecule has 1 heterocycles. The van der Waals surface area contributed by atoms with Gasteiger partial charge in [-0.25, -0.2) is 0 Å². The van der Waals surface area contributed by atoms with Crippen LogP contribution in [0, 0.1) is 5.92 Å². The lowest BCUT2D eigenvalue weighted by Crippen LogP contribution is -2.45. The van der Waals surface area contributed by atoms with Crippen LogP contribution in [0.25, 0.3) is 0 Å². The topological polar surface area (TPSA) is 15.3 Å². The number of hydrogen-bond donors (Lipinski definition) is 1. The molecule has 18 heavy (non-hydrogen) atoms. The molecule has 1 saturated heterocycles. The maximum absolute atomic E-state index is 12.5. The highest BCUT2D eigenvalue weighted by Gasteiger charge is 2.34. The molecule has 0 aromatic rings. The van der Waals surface area contributed by atoms with Crippen LogP contribution in [0.1, 0.15) is 38.5 Å². The molecule has 0 amide bonds. The van der Waals surface area contributed by atoms with Gasteiger partial charge in [0.25, 0.3) is 0 Å². The van der Waals surface area contributed by atoms with Crippen LogP contribution < -0.4 is 5.32 Å². The molecule has 1 aliphatic heterocycles. The third-order valence-electron chi connectivity index (χ3n) is 4.13. The summed E-state index contributed by atoms with van der Waals surface area (Å²) in [4.78, 5) is 1.58. The Bertz CT molecular complexity index is 249. The van der Waals surface area contributed by atoms with E-state index < -0.39 is 12.7 Å². The quantitative estimate of drug-likeness (QED) is 0.825. The van der Waals surface area contributed by atoms with Crippen molar-refractivity contribution < 1.29 is 13.2 Å². The smallest absolute Gasteiger partial charge is 0.312 e. The summed E-state index contributed by atoms with van der Waals surface area (Å²) in [7, 11) is 0. The van der Waals surface area contributed by atoms with Gasteiger partial charge in [-0.1, -0.05) is 19.3 Å². The molecule has 1 saturated carbocycles. The lowest BCUT2D eigenvalue weighted by molar-refractivity contribution is -0.146. The number of halogens is 3. The van der Waals surface area contributed by atoms with Gasteiger partial charge in [0, 0.05) is 12.6 Å². The monoisotopic (exact) mass is 264 g/mol. The summed E-state index contributed by atoms with van der Waals surface area (Å²) >= 11 is 0. The van der Waals surface area contributed by atoms with Crippen molar-refractivity contribution in [3.63, 3.8) is 0 Å². The first-order chi connectivity index (χ1) is 8.54. The van der Waals surface area contributed by atoms with E-state index in [0.717, 1.165) is 13.0 Å². The molecule has 0 radical (unpaired) electrons. The zero-order valence-corrected chi connectivity index (χ0v) is 10.8. The summed E-state index contributed by atoms with van der Waals surface area (Å²) in [6.07, 6.45) is 2.87. The Morgan fingerprint density at radius 2 is 1.78 bits per heavy atom. The highest BCUT2D eigenvalue weighted by atomic mass is 19.4. The fraction of sp³-hybridized carbons (Fsp3) is 1.00. The van der Waals surface area contributed by atoms with Crippen LogP contribution >= 0.6 is 0 Å². The molecule has 1 atom stereocenters. The largest absolute Gasteiger partial charge is 0.401 e. The van der Waals surface area contributed by atoms with Gasteiger partial charge in [0.2, 0.25) is 0 Å². The number of alkyl halides is 3. The van der Waals surface area contributed by atoms with Crippen molar-refractivity contribution in [2.45, 2.75) is 50.7 Å². The highest BCUT2D eigenvalue weighted by molar-refractivity contribution is 4.85. The fourth-order valence-corrected chi connectivity index (χ4v) is 3.27. The van der Waals surface area contributed by atoms with Crippen LogP contribution in [-0.2, 0) is 0 Å². The van der Waals surface area contributed by atoms with Crippen LogP contribution in [0.2, 0.25) is 0 Å². The molecule has 0 aromatic carbocycles. The molecule has 0 bridgehead atoms. The zero-order valence-electron chi connectivity index (χ0n) is 10.8. The van der Waals surface area contributed by atoms with Crippen LogP contribution in [0.3, 0.4) is 0 Å². The lowest BCUT2D eigenvalue weighted by Gasteiger charge is -2.33. The summed E-state index contributed by atoms with van der Waals surface area (Å²) in [5, 5.41) is 3.46. The molecule has 2 aliphatic rings. The van der Waals surface area contributed by atoms with Crippen LogP contribution in [0.5, 0.6) is 0 Å². The highest BCUT2D eigenvalue weighted by Crippen LogP contribution is 2.28. The molecule has 0 spiro atoms. The molecular weight excluding hydrogens is 241 g/mol. The Balaban J connectivity index is 1.89. The van der Waals surface area contributed by atoms with E-state index in [4.69, 9.17) is 0 Å². The normalized spacial score (nSPS) is 29.2. The van der Waals surface area contributed by atoms with Gasteiger partial charge < -0.3 is 5.32 Å². The Morgan fingerprint density at radius 3 is 2.44 bits per heavy atom. The average Bonchev–Trinajstić information content (AvgIpc) is 2.54. The standard InChI is InChI=1S/C13H23F3N2/c14-13(15,16)10-18-8-4-7-17-12(9-18)11-5-2-1-3-6-11/h11-12,17H,1-10H2. The van der Waals surface area contributed by atoms with Crippen molar-refractivity contribution in [3.8, 4) is 0 Å². The first-order valence-electron chi connectivity index (χ1n) is 7.07. The maximum Gasteiger partial charge on any atom is 0.401 e. The molecule has 2 rings (SSSR count). The van der Waals surface area contributed by atoms with E-state index in [1.165, 1.54) is 32.1 Å². The fourth-order valence-electron chi connectivity index (χ4n) is 3.27. The molecule has 1 unspecified atom stereocenters. The SMILES string of the molecule is FC(F)(F)CN1CCCNC(C2CCCCC2)C1. The molecule has 5 heteroatoms. The summed E-state index contributed by atoms with van der Waals surface area (Å²) in [5.74, 6) is 0.576. The minimum absolute atomic E-state index is 0.259. The van der Waals surface area contributed by atoms with Gasteiger partial charge in [0.1, 0.15) is 0 Å². The number of rotatable bonds is 2. The Hall–Kier alpha value is -0.290. The number of nitrogens with zero attached hydrogens (tertiary/aromatic N) is 1. The van der Waals surface area contributed by atoms with Crippen LogP contribution in [0.15, 0.2) is 0 Å². The van der Waals surface area contributed by atoms with Crippen molar-refractivity contribution in [2.75, 3.05) is 26.2 Å². The third-order valence-corrected chi connectivity index (χ3v) is 4.13. The van der Waals surface area contributed by atoms with Crippen molar-refractivity contribution in [2.24, 2.45) is 5.92 Å². The molecule has 1 aliphatic carbocycles. The van der Waals surface area contributed by atoms with E-state index in [-0.39, 0.29) is 6.04 Å². The van der Waals surface area contributed by atoms with Gasteiger partial charge in [-0.05, 0) is 38.3 Å². The van der Waals surface area contributed by atoms with E-state index in [1.807, 2.05) is 0 Å². The van der Waals surface area contributed by atoms with Crippen molar-refractivity contribution in [3.05, 3.63) is 0 Å². The van der Waals surface area contributed by atoms with Gasteiger partial charge in [-0.2, -0.15) is 13.2 Å². The first kappa shape index (κ1) is 14.1. The Labute approximate surface area is 107 Å². The Kier molecular flexibility index (Phi) is 4.90. The Morgan fingerprint density at radius 1 is 1.06 bits per heavy atom. The predicted molar refractivity (Wildman–Crippen MR) is 65.5 cm³/mol. The second-order valence-corrected chi connectivity index (χ2v) is 5.66. The second kappa shape index (κ2) is 6.24. The minimum Gasteiger partial charge on any atom is -0.312 e. The van der Waals surface area contributed by atoms with Crippen molar-refractivity contribution in [1.29, 1.82) is 0 Å². The molecular formula is C13H23F3N2. The number of nitrogens with one attached hydrogen (secondary N) is 1. The van der Waals surface area contributed by atoms with Crippen molar-refractivity contribution in [1.82, 2.24) is 10.2 Å². The molecule has 2 nitrogen and oxygen atoms in total. The van der Waals surface area contributed by atoms with Crippen molar-refractivity contribution >= 4 is 0 Å². The molecule has 2 fully saturated rings. The van der Waals surface area contributed by atoms with Crippen LogP contribution in [-0.4, -0.2) is 43.3 Å². The summed E-state index contributed by atoms with van der Waals surface area (Å²) in [6, 6.07) is 0.259. The average molecular weight is 264 g/mol. The van der Waals surface area contributed by atoms with Crippen LogP contribution in [0.4, 0.5) is 13.2 Å². The molecule has 106 valence electrons. The van der Waals surface area contributed by atoms with E-state index >= 15 is 0 Å². The first-order valence-corrected chi connectivity index (χ1v) is 7.07. The van der Waals surface area contributed by atoms with Gasteiger partial charge in [-0.15, -0.1) is 0 Å². The van der Waals surface area contributed by atoms with Gasteiger partial charge in [0.05, 0.1) is 6.54 Å². The van der Waals surface area contributed by atoms with Gasteiger partial charge >= 0.3 is 6.18 Å². The lowest BCUT2D eigenvalue weighted by atomic mass is 9.83. The zero-order chi connectivity index (χ0) is 13.0. The van der Waals surface area contributed by atoms with Gasteiger partial charge in [0.15, 0.2) is 0 Å². The summed E-state index contributed by atoms with van der Waals surface area (Å²) in [5.41, 5.74) is 0. The number of hydrogen-bond acceptors (Lipinski definition) is 2. The summed E-state index contributed by atoms with van der Waals surface area (Å²) < 4.78 is 37.4. The van der Waals surface area contributed by atoms with E-state index in [1.54, 1.807) is 4.90 Å². The molecule has 1 N–H and O–H groups in total. The van der Waals surface area contributed by atoms with Gasteiger partial charge in [-0.3, -0.25) is 4.90 Å². The second-order valence-electron chi connectivity index (χ2n) is 5.66. The minimum atomic E-state index is -4.07.